The van der Waals surface area contributed by atoms with Crippen LogP contribution >= 0.6 is 46.1 Å². The predicted molar refractivity (Wildman–Crippen MR) is 81.6 cm³/mol. The Morgan fingerprint density at radius 3 is 2.37 bits per heavy atom. The van der Waals surface area contributed by atoms with E-state index in [2.05, 4.69) is 0 Å². The van der Waals surface area contributed by atoms with Crippen molar-refractivity contribution in [2.24, 2.45) is 0 Å². The first-order valence-corrected chi connectivity index (χ1v) is 7.44. The van der Waals surface area contributed by atoms with Gasteiger partial charge in [-0.15, -0.1) is 22.9 Å². The van der Waals surface area contributed by atoms with Crippen LogP contribution in [0, 0.1) is 0 Å². The van der Waals surface area contributed by atoms with Gasteiger partial charge in [-0.2, -0.15) is 0 Å². The summed E-state index contributed by atoms with van der Waals surface area (Å²) in [6.07, 6.45) is 0. The molecular weight excluding hydrogens is 327 g/mol. The maximum Gasteiger partial charge on any atom is 0.146 e. The van der Waals surface area contributed by atoms with E-state index in [1.807, 2.05) is 17.5 Å². The highest BCUT2D eigenvalue weighted by atomic mass is 35.5. The highest BCUT2D eigenvalue weighted by Gasteiger charge is 2.22. The van der Waals surface area contributed by atoms with Crippen LogP contribution in [0.4, 0.5) is 0 Å². The molecule has 0 N–H and O–H groups in total. The summed E-state index contributed by atoms with van der Waals surface area (Å²) in [5, 5.41) is 2.52. The molecular formula is C13H11Cl3O2S. The molecule has 6 heteroatoms. The zero-order valence-corrected chi connectivity index (χ0v) is 13.3. The van der Waals surface area contributed by atoms with E-state index in [-0.39, 0.29) is 0 Å². The standard InChI is InChI=1S/C13H11Cl3O2S/c1-17-9-4-3-7(12(18-2)11(9)16)10(15)13-8(14)5-6-19-13/h3-6,10H,1-2H3. The van der Waals surface area contributed by atoms with Crippen molar-refractivity contribution in [2.75, 3.05) is 14.2 Å². The molecule has 1 atom stereocenters. The first-order valence-electron chi connectivity index (χ1n) is 5.37. The smallest absolute Gasteiger partial charge is 0.146 e. The maximum absolute atomic E-state index is 6.48. The van der Waals surface area contributed by atoms with Crippen LogP contribution in [0.1, 0.15) is 15.8 Å². The second-order valence-electron chi connectivity index (χ2n) is 3.70. The van der Waals surface area contributed by atoms with Crippen molar-refractivity contribution >= 4 is 46.1 Å². The minimum Gasteiger partial charge on any atom is -0.495 e. The van der Waals surface area contributed by atoms with Crippen molar-refractivity contribution in [1.82, 2.24) is 0 Å². The normalized spacial score (nSPS) is 12.3. The molecule has 19 heavy (non-hydrogen) atoms. The molecule has 0 aliphatic heterocycles. The zero-order chi connectivity index (χ0) is 14.0. The number of hydrogen-bond acceptors (Lipinski definition) is 3. The highest BCUT2D eigenvalue weighted by molar-refractivity contribution is 7.11. The molecule has 0 amide bonds. The lowest BCUT2D eigenvalue weighted by molar-refractivity contribution is 0.392. The van der Waals surface area contributed by atoms with Crippen molar-refractivity contribution in [3.05, 3.63) is 44.1 Å². The minimum absolute atomic E-state index is 0.404. The Morgan fingerprint density at radius 2 is 1.84 bits per heavy atom. The molecule has 1 aromatic heterocycles. The molecule has 2 rings (SSSR count). The van der Waals surface area contributed by atoms with E-state index < -0.39 is 5.38 Å². The molecule has 0 spiro atoms. The van der Waals surface area contributed by atoms with E-state index in [1.54, 1.807) is 20.3 Å². The van der Waals surface area contributed by atoms with E-state index in [1.165, 1.54) is 11.3 Å². The maximum atomic E-state index is 6.48. The molecule has 0 aliphatic rings. The molecule has 0 saturated heterocycles. The quantitative estimate of drug-likeness (QED) is 0.695. The molecule has 2 nitrogen and oxygen atoms in total. The first kappa shape index (κ1) is 14.8. The van der Waals surface area contributed by atoms with Gasteiger partial charge >= 0.3 is 0 Å². The van der Waals surface area contributed by atoms with Gasteiger partial charge in [-0.1, -0.05) is 23.2 Å². The molecule has 2 aromatic rings. The van der Waals surface area contributed by atoms with Gasteiger partial charge in [0.2, 0.25) is 0 Å². The third kappa shape index (κ3) is 2.79. The van der Waals surface area contributed by atoms with Crippen molar-refractivity contribution in [1.29, 1.82) is 0 Å². The van der Waals surface area contributed by atoms with E-state index in [4.69, 9.17) is 44.3 Å². The average Bonchev–Trinajstić information content (AvgIpc) is 2.83. The molecule has 1 aromatic carbocycles. The Balaban J connectivity index is 2.51. The van der Waals surface area contributed by atoms with Gasteiger partial charge in [0.25, 0.3) is 0 Å². The van der Waals surface area contributed by atoms with E-state index >= 15 is 0 Å². The molecule has 0 fully saturated rings. The summed E-state index contributed by atoms with van der Waals surface area (Å²) in [5.41, 5.74) is 0.763. The van der Waals surface area contributed by atoms with Gasteiger partial charge in [-0.3, -0.25) is 0 Å². The molecule has 0 radical (unpaired) electrons. The number of hydrogen-bond donors (Lipinski definition) is 0. The van der Waals surface area contributed by atoms with Gasteiger partial charge in [-0.25, -0.2) is 0 Å². The van der Waals surface area contributed by atoms with Crippen LogP contribution in [0.3, 0.4) is 0 Å². The third-order valence-electron chi connectivity index (χ3n) is 2.66. The Bertz CT molecular complexity index is 583. The number of alkyl halides is 1. The van der Waals surface area contributed by atoms with Crippen LogP contribution in [-0.2, 0) is 0 Å². The number of halogens is 3. The number of benzene rings is 1. The van der Waals surface area contributed by atoms with Gasteiger partial charge in [0, 0.05) is 10.4 Å². The fourth-order valence-corrected chi connectivity index (χ4v) is 3.73. The summed E-state index contributed by atoms with van der Waals surface area (Å²) in [4.78, 5) is 0.864. The largest absolute Gasteiger partial charge is 0.495 e. The van der Waals surface area contributed by atoms with E-state index in [0.29, 0.717) is 21.5 Å². The van der Waals surface area contributed by atoms with Crippen molar-refractivity contribution in [2.45, 2.75) is 5.38 Å². The number of methoxy groups -OCH3 is 2. The SMILES string of the molecule is COc1ccc(C(Cl)c2sccc2Cl)c(OC)c1Cl. The molecule has 1 unspecified atom stereocenters. The predicted octanol–water partition coefficient (Wildman–Crippen LogP) is 5.40. The molecule has 1 heterocycles. The molecule has 0 aliphatic carbocycles. The monoisotopic (exact) mass is 336 g/mol. The fourth-order valence-electron chi connectivity index (χ4n) is 1.75. The Kier molecular flexibility index (Phi) is 4.85. The molecule has 0 saturated carbocycles. The average molecular weight is 338 g/mol. The van der Waals surface area contributed by atoms with Gasteiger partial charge in [-0.05, 0) is 23.6 Å². The van der Waals surface area contributed by atoms with Gasteiger partial charge in [0.15, 0.2) is 0 Å². The third-order valence-corrected chi connectivity index (χ3v) is 5.03. The summed E-state index contributed by atoms with van der Waals surface area (Å²) in [6, 6.07) is 5.41. The van der Waals surface area contributed by atoms with Crippen LogP contribution in [0.2, 0.25) is 10.0 Å². The van der Waals surface area contributed by atoms with Crippen LogP contribution in [-0.4, -0.2) is 14.2 Å². The van der Waals surface area contributed by atoms with Crippen LogP contribution in [0.15, 0.2) is 23.6 Å². The van der Waals surface area contributed by atoms with Gasteiger partial charge in [0.05, 0.1) is 24.6 Å². The van der Waals surface area contributed by atoms with Crippen molar-refractivity contribution in [3.8, 4) is 11.5 Å². The van der Waals surface area contributed by atoms with Crippen molar-refractivity contribution in [3.63, 3.8) is 0 Å². The summed E-state index contributed by atoms with van der Waals surface area (Å²) >= 11 is 20.3. The summed E-state index contributed by atoms with van der Waals surface area (Å²) < 4.78 is 10.5. The molecule has 102 valence electrons. The zero-order valence-electron chi connectivity index (χ0n) is 10.2. The van der Waals surface area contributed by atoms with E-state index in [9.17, 15) is 0 Å². The number of rotatable bonds is 4. The van der Waals surface area contributed by atoms with Crippen molar-refractivity contribution < 1.29 is 9.47 Å². The minimum atomic E-state index is -0.411. The Hall–Kier alpha value is -0.610. The summed E-state index contributed by atoms with van der Waals surface area (Å²) in [5.74, 6) is 1.05. The lowest BCUT2D eigenvalue weighted by Gasteiger charge is -2.16. The number of ether oxygens (including phenoxy) is 2. The number of thiophene rings is 1. The van der Waals surface area contributed by atoms with Crippen LogP contribution in [0.5, 0.6) is 11.5 Å². The van der Waals surface area contributed by atoms with Gasteiger partial charge in [0.1, 0.15) is 16.5 Å². The molecule has 0 bridgehead atoms. The van der Waals surface area contributed by atoms with E-state index in [0.717, 1.165) is 10.4 Å². The lowest BCUT2D eigenvalue weighted by atomic mass is 10.1. The topological polar surface area (TPSA) is 18.5 Å². The first-order chi connectivity index (χ1) is 9.10. The highest BCUT2D eigenvalue weighted by Crippen LogP contribution is 2.45. The Morgan fingerprint density at radius 1 is 1.11 bits per heavy atom. The summed E-state index contributed by atoms with van der Waals surface area (Å²) in [6.45, 7) is 0. The second kappa shape index (κ2) is 6.23. The van der Waals surface area contributed by atoms with Crippen LogP contribution < -0.4 is 9.47 Å². The Labute approximate surface area is 130 Å². The fraction of sp³-hybridized carbons (Fsp3) is 0.231. The lowest BCUT2D eigenvalue weighted by Crippen LogP contribution is -1.98. The van der Waals surface area contributed by atoms with Crippen LogP contribution in [0.25, 0.3) is 0 Å². The van der Waals surface area contributed by atoms with Gasteiger partial charge < -0.3 is 9.47 Å². The summed E-state index contributed by atoms with van der Waals surface area (Å²) in [7, 11) is 3.10. The second-order valence-corrected chi connectivity index (χ2v) is 5.87.